The normalized spacial score (nSPS) is 11.6. The zero-order valence-electron chi connectivity index (χ0n) is 42.8. The summed E-state index contributed by atoms with van der Waals surface area (Å²) in [6.45, 7) is 24.5. The third kappa shape index (κ3) is 35.6. The molecule has 0 aliphatic carbocycles. The minimum absolute atomic E-state index is 0.0105. The number of carbonyl (C=O) groups excluding carboxylic acids is 4. The molecule has 0 bridgehead atoms. The number of rotatable bonds is 25. The second-order valence-corrected chi connectivity index (χ2v) is 20.4. The summed E-state index contributed by atoms with van der Waals surface area (Å²) in [6, 6.07) is 16.8. The third-order valence-electron chi connectivity index (χ3n) is 9.07. The lowest BCUT2D eigenvalue weighted by Crippen LogP contribution is -2.33. The molecule has 0 saturated heterocycles. The van der Waals surface area contributed by atoms with Crippen LogP contribution in [0.3, 0.4) is 0 Å². The van der Waals surface area contributed by atoms with Gasteiger partial charge >= 0.3 is 24.1 Å². The Labute approximate surface area is 398 Å². The minimum atomic E-state index is -0.498. The van der Waals surface area contributed by atoms with Crippen LogP contribution < -0.4 is 10.6 Å². The average molecular weight is 923 g/mol. The van der Waals surface area contributed by atoms with Crippen LogP contribution in [0.25, 0.3) is 0 Å². The standard InChI is InChI=1S/C27H45NO5.C27H41NO5/c2*1-26(2,3)32-24(29)21-31-20-14-8-7-9-15-22-16-10-11-17-23(22)18-12-13-19-28-25(30)33-27(4,5)6/h10-11,16-17H,7-9,12-15,18-21H2,1-6H3,(H,28,30);10-11,16-17H,7-9,13-15,19-21H2,1-6H3,(H,28,30). The van der Waals surface area contributed by atoms with E-state index in [0.29, 0.717) is 32.7 Å². The van der Waals surface area contributed by atoms with E-state index in [2.05, 4.69) is 52.8 Å². The summed E-state index contributed by atoms with van der Waals surface area (Å²) in [7, 11) is 0. The number of nitrogens with one attached hydrogen (secondary N) is 2. The smallest absolute Gasteiger partial charge is 0.407 e. The van der Waals surface area contributed by atoms with Gasteiger partial charge < -0.3 is 39.1 Å². The van der Waals surface area contributed by atoms with Gasteiger partial charge in [-0.25, -0.2) is 19.2 Å². The molecule has 0 saturated carbocycles. The minimum Gasteiger partial charge on any atom is -0.458 e. The van der Waals surface area contributed by atoms with E-state index in [9.17, 15) is 19.2 Å². The second-order valence-electron chi connectivity index (χ2n) is 20.4. The molecule has 0 aromatic heterocycles. The molecule has 0 aliphatic heterocycles. The largest absolute Gasteiger partial charge is 0.458 e. The average Bonchev–Trinajstić information content (AvgIpc) is 3.18. The Morgan fingerprint density at radius 1 is 0.455 bits per heavy atom. The molecule has 2 aromatic carbocycles. The van der Waals surface area contributed by atoms with Gasteiger partial charge in [0, 0.05) is 38.3 Å². The Morgan fingerprint density at radius 2 is 0.833 bits per heavy atom. The number of ether oxygens (including phenoxy) is 6. The van der Waals surface area contributed by atoms with Gasteiger partial charge in [-0.2, -0.15) is 0 Å². The summed E-state index contributed by atoms with van der Waals surface area (Å²) in [4.78, 5) is 46.5. The third-order valence-corrected chi connectivity index (χ3v) is 9.07. The molecule has 372 valence electrons. The van der Waals surface area contributed by atoms with E-state index in [-0.39, 0.29) is 31.2 Å². The molecule has 0 atom stereocenters. The van der Waals surface area contributed by atoms with Crippen LogP contribution in [0.15, 0.2) is 48.5 Å². The summed E-state index contributed by atoms with van der Waals surface area (Å²) < 4.78 is 31.7. The number of benzene rings is 2. The van der Waals surface area contributed by atoms with Gasteiger partial charge in [-0.05, 0) is 164 Å². The van der Waals surface area contributed by atoms with Gasteiger partial charge in [-0.15, -0.1) is 0 Å². The van der Waals surface area contributed by atoms with E-state index < -0.39 is 28.5 Å². The molecule has 12 heteroatoms. The summed E-state index contributed by atoms with van der Waals surface area (Å²) >= 11 is 0. The van der Waals surface area contributed by atoms with E-state index in [0.717, 1.165) is 89.0 Å². The summed E-state index contributed by atoms with van der Waals surface area (Å²) in [5.41, 5.74) is 3.19. The van der Waals surface area contributed by atoms with E-state index in [1.165, 1.54) is 16.7 Å². The predicted octanol–water partition coefficient (Wildman–Crippen LogP) is 11.4. The van der Waals surface area contributed by atoms with Crippen LogP contribution in [0, 0.1) is 11.8 Å². The van der Waals surface area contributed by atoms with Gasteiger partial charge in [0.05, 0.1) is 0 Å². The highest BCUT2D eigenvalue weighted by Gasteiger charge is 2.18. The van der Waals surface area contributed by atoms with E-state index >= 15 is 0 Å². The van der Waals surface area contributed by atoms with E-state index in [4.69, 9.17) is 28.4 Å². The molecule has 0 spiro atoms. The number of hydrogen-bond donors (Lipinski definition) is 2. The zero-order chi connectivity index (χ0) is 49.5. The second kappa shape index (κ2) is 32.2. The highest BCUT2D eigenvalue weighted by atomic mass is 16.6. The summed E-state index contributed by atoms with van der Waals surface area (Å²) in [5, 5.41) is 5.54. The number of esters is 2. The number of carbonyl (C=O) groups is 4. The molecule has 2 aromatic rings. The van der Waals surface area contributed by atoms with Gasteiger partial charge in [-0.1, -0.05) is 80.0 Å². The van der Waals surface area contributed by atoms with Crippen molar-refractivity contribution in [1.82, 2.24) is 10.6 Å². The molecular weight excluding hydrogens is 837 g/mol. The Morgan fingerprint density at radius 3 is 1.29 bits per heavy atom. The van der Waals surface area contributed by atoms with Crippen molar-refractivity contribution >= 4 is 24.1 Å². The molecule has 0 radical (unpaired) electrons. The van der Waals surface area contributed by atoms with Crippen LogP contribution in [0.2, 0.25) is 0 Å². The van der Waals surface area contributed by atoms with Crippen LogP contribution in [-0.4, -0.2) is 86.0 Å². The lowest BCUT2D eigenvalue weighted by atomic mass is 9.97. The molecule has 2 rings (SSSR count). The quantitative estimate of drug-likeness (QED) is 0.0427. The van der Waals surface area contributed by atoms with Crippen molar-refractivity contribution in [1.29, 1.82) is 0 Å². The van der Waals surface area contributed by atoms with Gasteiger partial charge in [0.1, 0.15) is 35.6 Å². The molecule has 0 heterocycles. The zero-order valence-corrected chi connectivity index (χ0v) is 42.8. The molecule has 2 amide bonds. The first-order valence-electron chi connectivity index (χ1n) is 24.1. The van der Waals surface area contributed by atoms with Crippen LogP contribution in [-0.2, 0) is 57.3 Å². The molecule has 66 heavy (non-hydrogen) atoms. The topological polar surface area (TPSA) is 148 Å². The van der Waals surface area contributed by atoms with Crippen molar-refractivity contribution in [3.63, 3.8) is 0 Å². The Bertz CT molecular complexity index is 1750. The van der Waals surface area contributed by atoms with Crippen LogP contribution in [0.1, 0.15) is 176 Å². The number of amides is 2. The molecule has 0 unspecified atom stereocenters. The van der Waals surface area contributed by atoms with Crippen molar-refractivity contribution in [2.24, 2.45) is 0 Å². The molecular formula is C54H86N2O10. The fraction of sp³-hybridized carbons (Fsp3) is 0.667. The Kier molecular flexibility index (Phi) is 29.0. The summed E-state index contributed by atoms with van der Waals surface area (Å²) in [6.07, 6.45) is 13.3. The monoisotopic (exact) mass is 923 g/mol. The molecule has 0 fully saturated rings. The van der Waals surface area contributed by atoms with Crippen LogP contribution in [0.5, 0.6) is 0 Å². The van der Waals surface area contributed by atoms with Crippen molar-refractivity contribution < 1.29 is 47.6 Å². The van der Waals surface area contributed by atoms with E-state index in [1.54, 1.807) is 0 Å². The maximum Gasteiger partial charge on any atom is 0.407 e. The van der Waals surface area contributed by atoms with Crippen molar-refractivity contribution in [3.05, 3.63) is 70.8 Å². The first kappa shape index (κ1) is 59.4. The molecule has 12 nitrogen and oxygen atoms in total. The maximum absolute atomic E-state index is 11.7. The first-order chi connectivity index (χ1) is 30.9. The van der Waals surface area contributed by atoms with Gasteiger partial charge in [0.25, 0.3) is 0 Å². The number of aryl methyl sites for hydroxylation is 3. The highest BCUT2D eigenvalue weighted by Crippen LogP contribution is 2.17. The van der Waals surface area contributed by atoms with Gasteiger partial charge in [-0.3, -0.25) is 0 Å². The predicted molar refractivity (Wildman–Crippen MR) is 263 cm³/mol. The fourth-order valence-corrected chi connectivity index (χ4v) is 6.35. The molecule has 0 aliphatic rings. The van der Waals surface area contributed by atoms with Crippen LogP contribution in [0.4, 0.5) is 9.59 Å². The van der Waals surface area contributed by atoms with Crippen LogP contribution >= 0.6 is 0 Å². The van der Waals surface area contributed by atoms with Crippen molar-refractivity contribution in [2.45, 2.75) is 195 Å². The number of alkyl carbamates (subject to hydrolysis) is 2. The van der Waals surface area contributed by atoms with Crippen molar-refractivity contribution in [3.8, 4) is 11.8 Å². The first-order valence-corrected chi connectivity index (χ1v) is 24.1. The lowest BCUT2D eigenvalue weighted by Gasteiger charge is -2.19. The summed E-state index contributed by atoms with van der Waals surface area (Å²) in [5.74, 6) is 5.73. The van der Waals surface area contributed by atoms with Crippen molar-refractivity contribution in [2.75, 3.05) is 39.5 Å². The van der Waals surface area contributed by atoms with Gasteiger partial charge in [0.2, 0.25) is 0 Å². The molecule has 2 N–H and O–H groups in total. The maximum atomic E-state index is 11.7. The van der Waals surface area contributed by atoms with Gasteiger partial charge in [0.15, 0.2) is 0 Å². The number of hydrogen-bond acceptors (Lipinski definition) is 10. The Hall–Kier alpha value is -4.60. The Balaban J connectivity index is 0.000000660. The number of unbranched alkanes of at least 4 members (excludes halogenated alkanes) is 7. The van der Waals surface area contributed by atoms with E-state index in [1.807, 2.05) is 101 Å². The highest BCUT2D eigenvalue weighted by molar-refractivity contribution is 5.71. The SMILES string of the molecule is CC(C)(C)OC(=O)COCCCCCCc1ccccc1C#CCCNC(=O)OC(C)(C)C.CC(C)(C)OC(=O)COCCCCCCc1ccccc1CCCCNC(=O)OC(C)(C)C. The lowest BCUT2D eigenvalue weighted by molar-refractivity contribution is -0.161. The fourth-order valence-electron chi connectivity index (χ4n) is 6.35.